The smallest absolute Gasteiger partial charge is 0.234 e. The number of oxime groups is 1. The van der Waals surface area contributed by atoms with Crippen molar-refractivity contribution in [3.63, 3.8) is 0 Å². The first-order valence-electron chi connectivity index (χ1n) is 13.4. The minimum absolute atomic E-state index is 0.237. The van der Waals surface area contributed by atoms with Gasteiger partial charge >= 0.3 is 0 Å². The molecule has 5 nitrogen and oxygen atoms in total. The maximum atomic E-state index is 13.7. The van der Waals surface area contributed by atoms with Crippen LogP contribution in [0.2, 0.25) is 19.1 Å². The third kappa shape index (κ3) is 3.54. The van der Waals surface area contributed by atoms with Gasteiger partial charge in [-0.25, -0.2) is 9.37 Å². The number of piperidine rings is 1. The average molecular weight is 513 g/mol. The molecule has 37 heavy (non-hydrogen) atoms. The van der Waals surface area contributed by atoms with Gasteiger partial charge in [0, 0.05) is 30.9 Å². The van der Waals surface area contributed by atoms with Gasteiger partial charge in [0.15, 0.2) is 5.84 Å². The molecule has 0 amide bonds. The Balaban J connectivity index is 1.32. The van der Waals surface area contributed by atoms with Crippen molar-refractivity contribution >= 4 is 25.2 Å². The molecule has 1 unspecified atom stereocenters. The molecule has 190 valence electrons. The van der Waals surface area contributed by atoms with Gasteiger partial charge in [-0.1, -0.05) is 36.4 Å². The van der Waals surface area contributed by atoms with Gasteiger partial charge < -0.3 is 14.3 Å². The van der Waals surface area contributed by atoms with Crippen LogP contribution in [0.3, 0.4) is 0 Å². The van der Waals surface area contributed by atoms with Crippen LogP contribution in [0.15, 0.2) is 59.7 Å². The van der Waals surface area contributed by atoms with Gasteiger partial charge in [-0.2, -0.15) is 0 Å². The van der Waals surface area contributed by atoms with E-state index in [2.05, 4.69) is 64.0 Å². The monoisotopic (exact) mass is 512 g/mol. The standard InChI is InChI=1S/C30H33FN4OSi/c1-20-17-34(19-32-20)26-10-5-21(25-11-14-37(3,4)27(25)26)15-22-16-30(12-13-30)18-35-28(22)33-36-29(35,2)23-6-8-24(31)9-7-23/h5-10,15,17,19H,11-14,16,18H2,1-4H3/b22-15+. The predicted octanol–water partition coefficient (Wildman–Crippen LogP) is 5.88. The molecule has 1 spiro atoms. The van der Waals surface area contributed by atoms with E-state index in [9.17, 15) is 4.39 Å². The number of rotatable bonds is 3. The summed E-state index contributed by atoms with van der Waals surface area (Å²) >= 11 is 0. The average Bonchev–Trinajstić information content (AvgIpc) is 3.15. The molecule has 0 bridgehead atoms. The summed E-state index contributed by atoms with van der Waals surface area (Å²) in [4.78, 5) is 13.0. The zero-order chi connectivity index (χ0) is 25.6. The van der Waals surface area contributed by atoms with Crippen LogP contribution in [0.4, 0.5) is 4.39 Å². The van der Waals surface area contributed by atoms with E-state index in [0.29, 0.717) is 0 Å². The van der Waals surface area contributed by atoms with Crippen molar-refractivity contribution in [1.29, 1.82) is 0 Å². The molecule has 0 radical (unpaired) electrons. The van der Waals surface area contributed by atoms with E-state index in [1.165, 1.54) is 53.4 Å². The van der Waals surface area contributed by atoms with Crippen LogP contribution < -0.4 is 5.19 Å². The molecular formula is C30H33FN4OSi. The molecular weight excluding hydrogens is 479 g/mol. The Morgan fingerprint density at radius 3 is 2.59 bits per heavy atom. The second-order valence-corrected chi connectivity index (χ2v) is 17.0. The molecule has 1 saturated carbocycles. The van der Waals surface area contributed by atoms with E-state index in [1.54, 1.807) is 5.19 Å². The molecule has 2 aromatic carbocycles. The van der Waals surface area contributed by atoms with Gasteiger partial charge in [0.2, 0.25) is 5.72 Å². The molecule has 0 N–H and O–H groups in total. The highest BCUT2D eigenvalue weighted by Gasteiger charge is 2.56. The van der Waals surface area contributed by atoms with E-state index in [1.807, 2.05) is 25.4 Å². The lowest BCUT2D eigenvalue weighted by Crippen LogP contribution is -2.50. The number of halogens is 1. The lowest BCUT2D eigenvalue weighted by atomic mass is 9.86. The topological polar surface area (TPSA) is 42.7 Å². The first kappa shape index (κ1) is 23.0. The fraction of sp³-hybridized carbons (Fsp3) is 0.400. The van der Waals surface area contributed by atoms with Crippen molar-refractivity contribution in [2.45, 2.75) is 64.4 Å². The summed E-state index contributed by atoms with van der Waals surface area (Å²) in [5.74, 6) is 0.695. The van der Waals surface area contributed by atoms with E-state index < -0.39 is 13.8 Å². The second-order valence-electron chi connectivity index (χ2n) is 12.3. The van der Waals surface area contributed by atoms with Gasteiger partial charge in [-0.05, 0) is 90.2 Å². The number of aryl methyl sites for hydroxylation is 1. The molecule has 1 aliphatic carbocycles. The third-order valence-corrected chi connectivity index (χ3v) is 12.5. The quantitative estimate of drug-likeness (QED) is 0.412. The Morgan fingerprint density at radius 2 is 1.89 bits per heavy atom. The molecule has 4 heterocycles. The van der Waals surface area contributed by atoms with Crippen molar-refractivity contribution in [3.8, 4) is 5.69 Å². The Kier molecular flexibility index (Phi) is 4.76. The second kappa shape index (κ2) is 7.66. The summed E-state index contributed by atoms with van der Waals surface area (Å²) in [5.41, 5.74) is 6.89. The number of hydrogen-bond donors (Lipinski definition) is 0. The lowest BCUT2D eigenvalue weighted by Gasteiger charge is -2.41. The Labute approximate surface area is 218 Å². The number of hydrogen-bond acceptors (Lipinski definition) is 4. The SMILES string of the molecule is Cc1cn(-c2ccc(/C=C3\CC4(CC4)CN4C3=NOC4(C)c3ccc(F)cc3)c3c2[Si](C)(C)CC3)cn1. The van der Waals surface area contributed by atoms with Gasteiger partial charge in [-0.15, -0.1) is 0 Å². The molecule has 3 aliphatic heterocycles. The molecule has 4 aliphatic rings. The van der Waals surface area contributed by atoms with Crippen molar-refractivity contribution in [3.05, 3.63) is 82.7 Å². The van der Waals surface area contributed by atoms with Crippen LogP contribution in [0.25, 0.3) is 11.8 Å². The maximum Gasteiger partial charge on any atom is 0.234 e. The van der Waals surface area contributed by atoms with Gasteiger partial charge in [0.1, 0.15) is 5.82 Å². The fourth-order valence-electron chi connectivity index (χ4n) is 6.69. The molecule has 2 fully saturated rings. The van der Waals surface area contributed by atoms with Crippen LogP contribution in [-0.2, 0) is 17.0 Å². The summed E-state index contributed by atoms with van der Waals surface area (Å²) in [6, 6.07) is 12.5. The third-order valence-electron chi connectivity index (χ3n) is 9.09. The summed E-state index contributed by atoms with van der Waals surface area (Å²) < 4.78 is 15.9. The van der Waals surface area contributed by atoms with Crippen molar-refractivity contribution < 1.29 is 9.23 Å². The van der Waals surface area contributed by atoms with Gasteiger partial charge in [0.25, 0.3) is 0 Å². The molecule has 1 aromatic heterocycles. The van der Waals surface area contributed by atoms with Crippen LogP contribution in [0, 0.1) is 18.2 Å². The number of aromatic nitrogens is 2. The summed E-state index contributed by atoms with van der Waals surface area (Å²) in [6.07, 6.45) is 11.1. The Bertz CT molecular complexity index is 1480. The number of nitrogens with zero attached hydrogens (tertiary/aromatic N) is 4. The zero-order valence-corrected chi connectivity index (χ0v) is 23.0. The first-order valence-corrected chi connectivity index (χ1v) is 16.6. The van der Waals surface area contributed by atoms with Crippen LogP contribution in [0.1, 0.15) is 48.6 Å². The van der Waals surface area contributed by atoms with Crippen LogP contribution in [-0.4, -0.2) is 34.9 Å². The minimum Gasteiger partial charge on any atom is -0.360 e. The van der Waals surface area contributed by atoms with E-state index >= 15 is 0 Å². The van der Waals surface area contributed by atoms with Crippen molar-refractivity contribution in [2.75, 3.05) is 6.54 Å². The number of amidine groups is 1. The normalized spacial score (nSPS) is 25.7. The fourth-order valence-corrected chi connectivity index (χ4v) is 9.81. The van der Waals surface area contributed by atoms with E-state index in [0.717, 1.165) is 36.5 Å². The van der Waals surface area contributed by atoms with Crippen LogP contribution >= 0.6 is 0 Å². The Morgan fingerprint density at radius 1 is 1.11 bits per heavy atom. The van der Waals surface area contributed by atoms with E-state index in [4.69, 9.17) is 4.84 Å². The van der Waals surface area contributed by atoms with Gasteiger partial charge in [0.05, 0.1) is 20.1 Å². The maximum absolute atomic E-state index is 13.7. The zero-order valence-electron chi connectivity index (χ0n) is 22.0. The number of fused-ring (bicyclic) bond motifs is 2. The molecule has 1 atom stereocenters. The summed E-state index contributed by atoms with van der Waals surface area (Å²) in [7, 11) is -1.56. The molecule has 1 saturated heterocycles. The van der Waals surface area contributed by atoms with Crippen molar-refractivity contribution in [1.82, 2.24) is 14.5 Å². The first-order chi connectivity index (χ1) is 17.7. The number of imidazole rings is 1. The highest BCUT2D eigenvalue weighted by Crippen LogP contribution is 2.57. The summed E-state index contributed by atoms with van der Waals surface area (Å²) in [5, 5.41) is 6.21. The van der Waals surface area contributed by atoms with Crippen molar-refractivity contribution in [2.24, 2.45) is 10.6 Å². The molecule has 7 rings (SSSR count). The molecule has 7 heteroatoms. The largest absolute Gasteiger partial charge is 0.360 e. The minimum atomic E-state index is -1.56. The van der Waals surface area contributed by atoms with Gasteiger partial charge in [-0.3, -0.25) is 0 Å². The highest BCUT2D eigenvalue weighted by molar-refractivity contribution is 6.91. The Hall–Kier alpha value is -3.19. The highest BCUT2D eigenvalue weighted by atomic mass is 28.3. The predicted molar refractivity (Wildman–Crippen MR) is 147 cm³/mol. The lowest BCUT2D eigenvalue weighted by molar-refractivity contribution is -0.0968. The van der Waals surface area contributed by atoms with E-state index in [-0.39, 0.29) is 11.2 Å². The number of benzene rings is 2. The molecule has 3 aromatic rings. The van der Waals surface area contributed by atoms with Crippen LogP contribution in [0.5, 0.6) is 0 Å². The summed E-state index contributed by atoms with van der Waals surface area (Å²) in [6.45, 7) is 10.0.